The maximum Gasteiger partial charge on any atom is 0.244 e. The highest BCUT2D eigenvalue weighted by Gasteiger charge is 2.14. The monoisotopic (exact) mass is 380 g/mol. The summed E-state index contributed by atoms with van der Waals surface area (Å²) < 4.78 is 13.0. The van der Waals surface area contributed by atoms with E-state index in [9.17, 15) is 4.79 Å². The number of pyridine rings is 1. The van der Waals surface area contributed by atoms with Crippen LogP contribution in [0.25, 0.3) is 11.7 Å². The summed E-state index contributed by atoms with van der Waals surface area (Å²) >= 11 is 0. The van der Waals surface area contributed by atoms with Crippen LogP contribution >= 0.6 is 0 Å². The number of amides is 1. The molecule has 1 amide bonds. The molecule has 2 aromatic heterocycles. The first-order valence-electron chi connectivity index (χ1n) is 9.30. The minimum atomic E-state index is -0.283. The molecule has 0 saturated heterocycles. The topological polar surface area (TPSA) is 77.8 Å². The Labute approximate surface area is 164 Å². The zero-order valence-corrected chi connectivity index (χ0v) is 16.3. The first-order valence-corrected chi connectivity index (χ1v) is 9.30. The summed E-state index contributed by atoms with van der Waals surface area (Å²) in [5, 5.41) is 11.2. The van der Waals surface area contributed by atoms with Crippen LogP contribution in [0.1, 0.15) is 38.2 Å². The molecule has 1 atom stereocenters. The molecule has 1 aromatic carbocycles. The Balaban J connectivity index is 1.68. The number of aromatic nitrogens is 3. The Morgan fingerprint density at radius 1 is 1.14 bits per heavy atom. The number of nitrogens with zero attached hydrogens (tertiary/aromatic N) is 3. The van der Waals surface area contributed by atoms with Crippen LogP contribution in [0, 0.1) is 0 Å². The SMILES string of the molecule is CCOc1ccc(/C=C/C(=O)NC(C)c2nnc3ccccn23)cc1OCC. The number of nitrogens with one attached hydrogen (secondary N) is 1. The summed E-state index contributed by atoms with van der Waals surface area (Å²) in [7, 11) is 0. The number of fused-ring (bicyclic) bond motifs is 1. The van der Waals surface area contributed by atoms with Crippen molar-refractivity contribution in [2.75, 3.05) is 13.2 Å². The fraction of sp³-hybridized carbons (Fsp3) is 0.286. The van der Waals surface area contributed by atoms with E-state index in [4.69, 9.17) is 9.47 Å². The largest absolute Gasteiger partial charge is 0.490 e. The van der Waals surface area contributed by atoms with E-state index in [-0.39, 0.29) is 11.9 Å². The smallest absolute Gasteiger partial charge is 0.244 e. The van der Waals surface area contributed by atoms with Gasteiger partial charge >= 0.3 is 0 Å². The highest BCUT2D eigenvalue weighted by Crippen LogP contribution is 2.29. The molecule has 1 N–H and O–H groups in total. The number of rotatable bonds is 8. The molecule has 3 rings (SSSR count). The summed E-state index contributed by atoms with van der Waals surface area (Å²) in [6, 6.07) is 11.0. The molecule has 146 valence electrons. The highest BCUT2D eigenvalue weighted by atomic mass is 16.5. The number of ether oxygens (including phenoxy) is 2. The van der Waals surface area contributed by atoms with Gasteiger partial charge in [-0.25, -0.2) is 0 Å². The van der Waals surface area contributed by atoms with Gasteiger partial charge in [0, 0.05) is 12.3 Å². The van der Waals surface area contributed by atoms with Crippen molar-refractivity contribution in [3.8, 4) is 11.5 Å². The number of benzene rings is 1. The zero-order chi connectivity index (χ0) is 19.9. The van der Waals surface area contributed by atoms with Gasteiger partial charge in [-0.2, -0.15) is 0 Å². The molecule has 0 fully saturated rings. The average Bonchev–Trinajstić information content (AvgIpc) is 3.13. The lowest BCUT2D eigenvalue weighted by molar-refractivity contribution is -0.117. The molecule has 0 spiro atoms. The molecule has 0 bridgehead atoms. The second-order valence-electron chi connectivity index (χ2n) is 6.12. The molecule has 7 heteroatoms. The standard InChI is InChI=1S/C21H24N4O3/c1-4-27-17-11-9-16(14-18(17)28-5-2)10-12-20(26)22-15(3)21-24-23-19-8-6-7-13-25(19)21/h6-15H,4-5H2,1-3H3,(H,22,26)/b12-10+. The molecule has 1 unspecified atom stereocenters. The molecular weight excluding hydrogens is 356 g/mol. The van der Waals surface area contributed by atoms with Crippen molar-refractivity contribution < 1.29 is 14.3 Å². The number of carbonyl (C=O) groups is 1. The predicted octanol–water partition coefficient (Wildman–Crippen LogP) is 3.42. The van der Waals surface area contributed by atoms with Crippen LogP contribution in [0.5, 0.6) is 11.5 Å². The van der Waals surface area contributed by atoms with Gasteiger partial charge in [-0.1, -0.05) is 12.1 Å². The van der Waals surface area contributed by atoms with Crippen molar-refractivity contribution in [1.29, 1.82) is 0 Å². The van der Waals surface area contributed by atoms with E-state index in [1.165, 1.54) is 6.08 Å². The molecule has 0 aliphatic carbocycles. The van der Waals surface area contributed by atoms with E-state index in [0.29, 0.717) is 30.5 Å². The summed E-state index contributed by atoms with van der Waals surface area (Å²) in [5.41, 5.74) is 1.59. The summed E-state index contributed by atoms with van der Waals surface area (Å²) in [6.07, 6.45) is 5.10. The lowest BCUT2D eigenvalue weighted by Gasteiger charge is -2.12. The fourth-order valence-corrected chi connectivity index (χ4v) is 2.82. The van der Waals surface area contributed by atoms with Gasteiger partial charge in [0.05, 0.1) is 19.3 Å². The van der Waals surface area contributed by atoms with Crippen molar-refractivity contribution in [3.05, 3.63) is 60.1 Å². The maximum absolute atomic E-state index is 12.3. The predicted molar refractivity (Wildman–Crippen MR) is 107 cm³/mol. The van der Waals surface area contributed by atoms with E-state index in [0.717, 1.165) is 11.2 Å². The molecule has 3 aromatic rings. The van der Waals surface area contributed by atoms with Crippen LogP contribution in [0.2, 0.25) is 0 Å². The summed E-state index contributed by atoms with van der Waals surface area (Å²) in [6.45, 7) is 6.82. The Morgan fingerprint density at radius 3 is 2.71 bits per heavy atom. The van der Waals surface area contributed by atoms with Crippen molar-refractivity contribution in [3.63, 3.8) is 0 Å². The van der Waals surface area contributed by atoms with E-state index in [2.05, 4.69) is 15.5 Å². The first kappa shape index (κ1) is 19.4. The second-order valence-corrected chi connectivity index (χ2v) is 6.12. The molecule has 0 aliphatic heterocycles. The van der Waals surface area contributed by atoms with Crippen LogP contribution in [0.15, 0.2) is 48.7 Å². The van der Waals surface area contributed by atoms with Crippen LogP contribution in [0.4, 0.5) is 0 Å². The summed E-state index contributed by atoms with van der Waals surface area (Å²) in [5.74, 6) is 1.82. The number of carbonyl (C=O) groups excluding carboxylic acids is 1. The molecule has 0 aliphatic rings. The lowest BCUT2D eigenvalue weighted by Crippen LogP contribution is -2.26. The minimum absolute atomic E-state index is 0.216. The van der Waals surface area contributed by atoms with Gasteiger partial charge in [0.15, 0.2) is 23.0 Å². The quantitative estimate of drug-likeness (QED) is 0.606. The van der Waals surface area contributed by atoms with Gasteiger partial charge in [0.25, 0.3) is 0 Å². The third-order valence-electron chi connectivity index (χ3n) is 4.08. The van der Waals surface area contributed by atoms with Crippen LogP contribution in [0.3, 0.4) is 0 Å². The number of hydrogen-bond acceptors (Lipinski definition) is 5. The molecule has 7 nitrogen and oxygen atoms in total. The van der Waals surface area contributed by atoms with Crippen LogP contribution in [-0.2, 0) is 4.79 Å². The van der Waals surface area contributed by atoms with Crippen LogP contribution in [-0.4, -0.2) is 33.7 Å². The van der Waals surface area contributed by atoms with E-state index < -0.39 is 0 Å². The van der Waals surface area contributed by atoms with Gasteiger partial charge < -0.3 is 14.8 Å². The molecule has 2 heterocycles. The third kappa shape index (κ3) is 4.49. The molecule has 0 radical (unpaired) electrons. The number of hydrogen-bond donors (Lipinski definition) is 1. The maximum atomic E-state index is 12.3. The molecule has 0 saturated carbocycles. The summed E-state index contributed by atoms with van der Waals surface area (Å²) in [4.78, 5) is 12.3. The minimum Gasteiger partial charge on any atom is -0.490 e. The normalized spacial score (nSPS) is 12.2. The average molecular weight is 380 g/mol. The van der Waals surface area contributed by atoms with Crippen LogP contribution < -0.4 is 14.8 Å². The Bertz CT molecular complexity index is 981. The molecule has 28 heavy (non-hydrogen) atoms. The van der Waals surface area contributed by atoms with Crippen molar-refractivity contribution in [2.24, 2.45) is 0 Å². The van der Waals surface area contributed by atoms with Gasteiger partial charge in [-0.15, -0.1) is 10.2 Å². The van der Waals surface area contributed by atoms with Gasteiger partial charge in [0.1, 0.15) is 0 Å². The first-order chi connectivity index (χ1) is 13.6. The van der Waals surface area contributed by atoms with Crippen molar-refractivity contribution in [1.82, 2.24) is 19.9 Å². The van der Waals surface area contributed by atoms with E-state index in [1.54, 1.807) is 6.08 Å². The highest BCUT2D eigenvalue weighted by molar-refractivity contribution is 5.92. The zero-order valence-electron chi connectivity index (χ0n) is 16.3. The van der Waals surface area contributed by atoms with E-state index in [1.807, 2.05) is 67.8 Å². The van der Waals surface area contributed by atoms with Crippen molar-refractivity contribution in [2.45, 2.75) is 26.8 Å². The van der Waals surface area contributed by atoms with Crippen molar-refractivity contribution >= 4 is 17.6 Å². The lowest BCUT2D eigenvalue weighted by atomic mass is 10.2. The molecular formula is C21H24N4O3. The second kappa shape index (κ2) is 9.03. The van der Waals surface area contributed by atoms with E-state index >= 15 is 0 Å². The Kier molecular flexibility index (Phi) is 6.26. The van der Waals surface area contributed by atoms with Gasteiger partial charge in [-0.05, 0) is 56.7 Å². The Morgan fingerprint density at radius 2 is 1.93 bits per heavy atom. The third-order valence-corrected chi connectivity index (χ3v) is 4.08. The van der Waals surface area contributed by atoms with Gasteiger partial charge in [-0.3, -0.25) is 9.20 Å². The van der Waals surface area contributed by atoms with Gasteiger partial charge in [0.2, 0.25) is 5.91 Å². The fourth-order valence-electron chi connectivity index (χ4n) is 2.82. The Hall–Kier alpha value is -3.35.